The first-order chi connectivity index (χ1) is 17.5. The number of methoxy groups -OCH3 is 1. The van der Waals surface area contributed by atoms with Gasteiger partial charge in [-0.1, -0.05) is 60.1 Å². The van der Waals surface area contributed by atoms with Crippen molar-refractivity contribution < 1.29 is 23.4 Å². The summed E-state index contributed by atoms with van der Waals surface area (Å²) >= 11 is 6.37. The third-order valence-corrected chi connectivity index (χ3v) is 5.78. The minimum Gasteiger partial charge on any atom is -0.496 e. The Morgan fingerprint density at radius 1 is 0.917 bits per heavy atom. The maximum atomic E-state index is 14.4. The van der Waals surface area contributed by atoms with Crippen LogP contribution in [0, 0.1) is 17.1 Å². The number of hydrogen-bond donors (Lipinski definition) is 0. The molecule has 0 radical (unpaired) electrons. The van der Waals surface area contributed by atoms with E-state index in [0.717, 1.165) is 5.56 Å². The lowest BCUT2D eigenvalue weighted by Gasteiger charge is -2.16. The molecule has 0 saturated carbocycles. The molecule has 4 aromatic rings. The quantitative estimate of drug-likeness (QED) is 0.231. The van der Waals surface area contributed by atoms with Gasteiger partial charge >= 0.3 is 0 Å². The molecule has 7 heteroatoms. The van der Waals surface area contributed by atoms with Crippen molar-refractivity contribution in [3.8, 4) is 34.4 Å². The van der Waals surface area contributed by atoms with Gasteiger partial charge in [0.2, 0.25) is 0 Å². The van der Waals surface area contributed by atoms with Crippen LogP contribution in [0.1, 0.15) is 27.0 Å². The summed E-state index contributed by atoms with van der Waals surface area (Å²) in [6, 6.07) is 23.9. The van der Waals surface area contributed by atoms with Crippen molar-refractivity contribution >= 4 is 17.9 Å². The lowest BCUT2D eigenvalue weighted by Crippen LogP contribution is -2.03. The number of nitriles is 1. The van der Waals surface area contributed by atoms with Gasteiger partial charge in [0.15, 0.2) is 6.29 Å². The Morgan fingerprint density at radius 3 is 2.42 bits per heavy atom. The Kier molecular flexibility index (Phi) is 7.84. The molecule has 0 aliphatic rings. The van der Waals surface area contributed by atoms with Gasteiger partial charge in [0, 0.05) is 22.8 Å². The van der Waals surface area contributed by atoms with Gasteiger partial charge < -0.3 is 14.2 Å². The third kappa shape index (κ3) is 5.48. The number of halogens is 2. The molecule has 0 spiro atoms. The monoisotopic (exact) mass is 501 g/mol. The van der Waals surface area contributed by atoms with Gasteiger partial charge in [0.25, 0.3) is 0 Å². The number of rotatable bonds is 9. The number of carbonyl (C=O) groups is 1. The standard InChI is InChI=1S/C29H21ClFNO4/c1-34-29-21(8-5-10-24(29)23-9-2-3-11-26(23)31)18-36-28-14-27(22(16-33)13-25(28)30)35-17-20-7-4-6-19(12-20)15-32/h2-14,16H,17-18H2,1H3. The molecule has 0 aromatic heterocycles. The van der Waals surface area contributed by atoms with Crippen molar-refractivity contribution in [1.82, 2.24) is 0 Å². The van der Waals surface area contributed by atoms with E-state index in [1.807, 2.05) is 12.1 Å². The lowest BCUT2D eigenvalue weighted by atomic mass is 10.0. The van der Waals surface area contributed by atoms with E-state index in [1.165, 1.54) is 19.2 Å². The van der Waals surface area contributed by atoms with Crippen LogP contribution in [0.5, 0.6) is 17.2 Å². The Morgan fingerprint density at radius 2 is 1.67 bits per heavy atom. The van der Waals surface area contributed by atoms with Crippen molar-refractivity contribution in [2.24, 2.45) is 0 Å². The highest BCUT2D eigenvalue weighted by molar-refractivity contribution is 6.32. The largest absolute Gasteiger partial charge is 0.496 e. The van der Waals surface area contributed by atoms with E-state index in [-0.39, 0.29) is 29.6 Å². The second-order valence-electron chi connectivity index (χ2n) is 7.81. The smallest absolute Gasteiger partial charge is 0.153 e. The number of ether oxygens (including phenoxy) is 3. The Bertz CT molecular complexity index is 1450. The molecule has 0 saturated heterocycles. The van der Waals surface area contributed by atoms with E-state index in [9.17, 15) is 9.18 Å². The van der Waals surface area contributed by atoms with Crippen LogP contribution in [0.15, 0.2) is 78.9 Å². The molecule has 0 fully saturated rings. The molecular formula is C29H21ClFNO4. The molecule has 0 aliphatic carbocycles. The highest BCUT2D eigenvalue weighted by atomic mass is 35.5. The van der Waals surface area contributed by atoms with Gasteiger partial charge in [-0.05, 0) is 29.8 Å². The van der Waals surface area contributed by atoms with Crippen molar-refractivity contribution in [2.75, 3.05) is 7.11 Å². The number of hydrogen-bond acceptors (Lipinski definition) is 5. The molecule has 5 nitrogen and oxygen atoms in total. The second-order valence-corrected chi connectivity index (χ2v) is 8.21. The van der Waals surface area contributed by atoms with Crippen LogP contribution in [0.2, 0.25) is 5.02 Å². The number of para-hydroxylation sites is 1. The predicted octanol–water partition coefficient (Wildman–Crippen LogP) is 7.00. The molecule has 0 heterocycles. The number of benzene rings is 4. The van der Waals surface area contributed by atoms with Crippen LogP contribution >= 0.6 is 11.6 Å². The highest BCUT2D eigenvalue weighted by Gasteiger charge is 2.16. The SMILES string of the molecule is COc1c(COc2cc(OCc3cccc(C#N)c3)c(C=O)cc2Cl)cccc1-c1ccccc1F. The van der Waals surface area contributed by atoms with E-state index < -0.39 is 0 Å². The van der Waals surface area contributed by atoms with Crippen LogP contribution in [0.4, 0.5) is 4.39 Å². The molecule has 0 amide bonds. The summed E-state index contributed by atoms with van der Waals surface area (Å²) in [5.74, 6) is 0.723. The molecule has 4 rings (SSSR count). The van der Waals surface area contributed by atoms with Crippen molar-refractivity contribution in [1.29, 1.82) is 5.26 Å². The van der Waals surface area contributed by atoms with Crippen LogP contribution < -0.4 is 14.2 Å². The molecule has 0 atom stereocenters. The molecule has 180 valence electrons. The molecular weight excluding hydrogens is 481 g/mol. The van der Waals surface area contributed by atoms with Crippen molar-refractivity contribution in [2.45, 2.75) is 13.2 Å². The minimum atomic E-state index is -0.358. The average molecular weight is 502 g/mol. The van der Waals surface area contributed by atoms with E-state index >= 15 is 0 Å². The predicted molar refractivity (Wildman–Crippen MR) is 135 cm³/mol. The summed E-state index contributed by atoms with van der Waals surface area (Å²) in [4.78, 5) is 11.6. The first-order valence-electron chi connectivity index (χ1n) is 11.0. The van der Waals surface area contributed by atoms with Crippen LogP contribution in [0.25, 0.3) is 11.1 Å². The minimum absolute atomic E-state index is 0.0786. The third-order valence-electron chi connectivity index (χ3n) is 5.49. The highest BCUT2D eigenvalue weighted by Crippen LogP contribution is 2.37. The maximum absolute atomic E-state index is 14.4. The average Bonchev–Trinajstić information content (AvgIpc) is 2.91. The molecule has 0 N–H and O–H groups in total. The van der Waals surface area contributed by atoms with Crippen molar-refractivity contribution in [3.63, 3.8) is 0 Å². The zero-order valence-corrected chi connectivity index (χ0v) is 20.1. The summed E-state index contributed by atoms with van der Waals surface area (Å²) < 4.78 is 31.8. The van der Waals surface area contributed by atoms with E-state index in [4.69, 9.17) is 31.1 Å². The second kappa shape index (κ2) is 11.4. The topological polar surface area (TPSA) is 68.6 Å². The van der Waals surface area contributed by atoms with Crippen LogP contribution in [0.3, 0.4) is 0 Å². The number of carbonyl (C=O) groups excluding carboxylic acids is 1. The first-order valence-corrected chi connectivity index (χ1v) is 11.4. The summed E-state index contributed by atoms with van der Waals surface area (Å²) in [7, 11) is 1.52. The zero-order chi connectivity index (χ0) is 25.5. The number of aldehydes is 1. The van der Waals surface area contributed by atoms with E-state index in [2.05, 4.69) is 6.07 Å². The lowest BCUT2D eigenvalue weighted by molar-refractivity contribution is 0.111. The van der Waals surface area contributed by atoms with E-state index in [1.54, 1.807) is 54.6 Å². The molecule has 0 aliphatic heterocycles. The number of nitrogens with zero attached hydrogens (tertiary/aromatic N) is 1. The van der Waals surface area contributed by atoms with E-state index in [0.29, 0.717) is 45.8 Å². The van der Waals surface area contributed by atoms with Crippen LogP contribution in [-0.2, 0) is 13.2 Å². The van der Waals surface area contributed by atoms with Gasteiger partial charge in [-0.3, -0.25) is 4.79 Å². The summed E-state index contributed by atoms with van der Waals surface area (Å²) in [5, 5.41) is 9.32. The maximum Gasteiger partial charge on any atom is 0.153 e. The molecule has 0 unspecified atom stereocenters. The molecule has 4 aromatic carbocycles. The van der Waals surface area contributed by atoms with Gasteiger partial charge in [-0.15, -0.1) is 0 Å². The Balaban J connectivity index is 1.57. The van der Waals surface area contributed by atoms with Gasteiger partial charge in [-0.2, -0.15) is 5.26 Å². The van der Waals surface area contributed by atoms with Gasteiger partial charge in [-0.25, -0.2) is 4.39 Å². The normalized spacial score (nSPS) is 10.4. The zero-order valence-electron chi connectivity index (χ0n) is 19.3. The van der Waals surface area contributed by atoms with Gasteiger partial charge in [0.1, 0.15) is 36.3 Å². The van der Waals surface area contributed by atoms with Crippen LogP contribution in [-0.4, -0.2) is 13.4 Å². The summed E-state index contributed by atoms with van der Waals surface area (Å²) in [6.07, 6.45) is 0.650. The van der Waals surface area contributed by atoms with Gasteiger partial charge in [0.05, 0.1) is 29.3 Å². The first kappa shape index (κ1) is 24.8. The fourth-order valence-corrected chi connectivity index (χ4v) is 3.98. The van der Waals surface area contributed by atoms with Crippen molar-refractivity contribution in [3.05, 3.63) is 112 Å². The Labute approximate surface area is 213 Å². The summed E-state index contributed by atoms with van der Waals surface area (Å²) in [6.45, 7) is 0.227. The molecule has 0 bridgehead atoms. The fourth-order valence-electron chi connectivity index (χ4n) is 3.76. The summed E-state index contributed by atoms with van der Waals surface area (Å²) in [5.41, 5.74) is 3.26. The molecule has 36 heavy (non-hydrogen) atoms. The Hall–Kier alpha value is -4.34. The fraction of sp³-hybridized carbons (Fsp3) is 0.103.